The molecule has 3 aromatic rings. The van der Waals surface area contributed by atoms with Crippen molar-refractivity contribution in [1.29, 1.82) is 0 Å². The highest BCUT2D eigenvalue weighted by Gasteiger charge is 2.34. The number of anilines is 1. The molecule has 3 amide bonds. The lowest BCUT2D eigenvalue weighted by Gasteiger charge is -2.26. The molecular formula is C21H21N5O4. The fourth-order valence-corrected chi connectivity index (χ4v) is 4.05. The standard InChI is InChI=1S/C21H21N5O4/c1-12(6-9-18(28)22-11-27)26-17-8-7-14(20(30-2)16-10-23-25-24-16)13-4-3-5-15(19(13)17)21(26)29/h3-5,7-8,10-12,20H,6,9H2,1-2H3,(H,22,27,28)(H,23,24,25). The minimum atomic E-state index is -0.429. The molecule has 0 aliphatic carbocycles. The van der Waals surface area contributed by atoms with E-state index in [4.69, 9.17) is 4.74 Å². The zero-order valence-corrected chi connectivity index (χ0v) is 16.6. The topological polar surface area (TPSA) is 117 Å². The number of nitrogens with one attached hydrogen (secondary N) is 2. The van der Waals surface area contributed by atoms with Crippen molar-refractivity contribution in [3.63, 3.8) is 0 Å². The molecule has 0 fully saturated rings. The van der Waals surface area contributed by atoms with Crippen LogP contribution in [-0.2, 0) is 14.3 Å². The third-order valence-corrected chi connectivity index (χ3v) is 5.43. The van der Waals surface area contributed by atoms with E-state index in [1.807, 2.05) is 37.3 Å². The summed E-state index contributed by atoms with van der Waals surface area (Å²) < 4.78 is 5.68. The minimum Gasteiger partial charge on any atom is -0.370 e. The molecule has 1 aliphatic rings. The monoisotopic (exact) mass is 407 g/mol. The van der Waals surface area contributed by atoms with Gasteiger partial charge < -0.3 is 9.64 Å². The maximum Gasteiger partial charge on any atom is 0.259 e. The van der Waals surface area contributed by atoms with Gasteiger partial charge in [0.1, 0.15) is 11.8 Å². The fourth-order valence-electron chi connectivity index (χ4n) is 4.05. The van der Waals surface area contributed by atoms with Crippen LogP contribution in [0.15, 0.2) is 36.5 Å². The Morgan fingerprint density at radius 1 is 1.33 bits per heavy atom. The van der Waals surface area contributed by atoms with Gasteiger partial charge in [-0.25, -0.2) is 0 Å². The summed E-state index contributed by atoms with van der Waals surface area (Å²) in [6.45, 7) is 1.89. The zero-order chi connectivity index (χ0) is 21.3. The number of hydrogen-bond donors (Lipinski definition) is 2. The van der Waals surface area contributed by atoms with Crippen molar-refractivity contribution < 1.29 is 19.1 Å². The largest absolute Gasteiger partial charge is 0.370 e. The van der Waals surface area contributed by atoms with Gasteiger partial charge in [-0.05, 0) is 36.4 Å². The van der Waals surface area contributed by atoms with E-state index in [-0.39, 0.29) is 24.3 Å². The molecule has 0 bridgehead atoms. The molecule has 0 saturated carbocycles. The van der Waals surface area contributed by atoms with Crippen molar-refractivity contribution in [3.8, 4) is 0 Å². The van der Waals surface area contributed by atoms with Crippen LogP contribution in [0, 0.1) is 0 Å². The van der Waals surface area contributed by atoms with Gasteiger partial charge in [-0.3, -0.25) is 19.7 Å². The molecule has 2 atom stereocenters. The number of carbonyl (C=O) groups is 3. The number of H-pyrrole nitrogens is 1. The van der Waals surface area contributed by atoms with Crippen LogP contribution < -0.4 is 10.2 Å². The van der Waals surface area contributed by atoms with E-state index in [2.05, 4.69) is 20.7 Å². The van der Waals surface area contributed by atoms with E-state index in [0.717, 1.165) is 22.0 Å². The summed E-state index contributed by atoms with van der Waals surface area (Å²) in [5.41, 5.74) is 2.95. The van der Waals surface area contributed by atoms with Crippen LogP contribution in [0.2, 0.25) is 0 Å². The molecule has 4 rings (SSSR count). The highest BCUT2D eigenvalue weighted by atomic mass is 16.5. The molecular weight excluding hydrogens is 386 g/mol. The lowest BCUT2D eigenvalue weighted by atomic mass is 9.96. The lowest BCUT2D eigenvalue weighted by molar-refractivity contribution is -0.125. The maximum atomic E-state index is 13.2. The van der Waals surface area contributed by atoms with Crippen LogP contribution in [0.3, 0.4) is 0 Å². The number of ether oxygens (including phenoxy) is 1. The quantitative estimate of drug-likeness (QED) is 0.552. The molecule has 9 heteroatoms. The summed E-state index contributed by atoms with van der Waals surface area (Å²) in [5.74, 6) is -0.469. The molecule has 30 heavy (non-hydrogen) atoms. The first-order chi connectivity index (χ1) is 14.6. The van der Waals surface area contributed by atoms with Gasteiger partial charge in [0.2, 0.25) is 12.3 Å². The molecule has 154 valence electrons. The smallest absolute Gasteiger partial charge is 0.259 e. The van der Waals surface area contributed by atoms with Gasteiger partial charge in [-0.2, -0.15) is 15.4 Å². The number of rotatable bonds is 8. The second kappa shape index (κ2) is 8.03. The highest BCUT2D eigenvalue weighted by molar-refractivity contribution is 6.25. The summed E-state index contributed by atoms with van der Waals surface area (Å²) >= 11 is 0. The number of nitrogens with zero attached hydrogens (tertiary/aromatic N) is 3. The summed E-state index contributed by atoms with van der Waals surface area (Å²) in [6, 6.07) is 9.24. The van der Waals surface area contributed by atoms with E-state index >= 15 is 0 Å². The van der Waals surface area contributed by atoms with Crippen molar-refractivity contribution >= 4 is 34.7 Å². The van der Waals surface area contributed by atoms with E-state index in [0.29, 0.717) is 24.1 Å². The molecule has 1 aliphatic heterocycles. The van der Waals surface area contributed by atoms with Crippen LogP contribution in [0.25, 0.3) is 10.8 Å². The number of aromatic nitrogens is 3. The summed E-state index contributed by atoms with van der Waals surface area (Å²) in [7, 11) is 1.60. The van der Waals surface area contributed by atoms with Crippen molar-refractivity contribution in [2.75, 3.05) is 12.0 Å². The van der Waals surface area contributed by atoms with Crippen LogP contribution in [0.1, 0.15) is 47.5 Å². The SMILES string of the molecule is COC(c1cn[nH]n1)c1ccc2c3c(cccc13)C(=O)N2C(C)CCC(=O)NC=O. The zero-order valence-electron chi connectivity index (χ0n) is 16.6. The first-order valence-electron chi connectivity index (χ1n) is 9.57. The van der Waals surface area contributed by atoms with Crippen molar-refractivity contribution in [2.24, 2.45) is 0 Å². The number of methoxy groups -OCH3 is 1. The van der Waals surface area contributed by atoms with Gasteiger partial charge in [-0.15, -0.1) is 0 Å². The third kappa shape index (κ3) is 3.22. The Balaban J connectivity index is 1.73. The highest BCUT2D eigenvalue weighted by Crippen LogP contribution is 2.42. The molecule has 1 aromatic heterocycles. The van der Waals surface area contributed by atoms with Crippen LogP contribution in [0.5, 0.6) is 0 Å². The van der Waals surface area contributed by atoms with Crippen LogP contribution >= 0.6 is 0 Å². The summed E-state index contributed by atoms with van der Waals surface area (Å²) in [4.78, 5) is 37.0. The number of imide groups is 1. The molecule has 2 unspecified atom stereocenters. The predicted octanol–water partition coefficient (Wildman–Crippen LogP) is 2.10. The Morgan fingerprint density at radius 2 is 2.17 bits per heavy atom. The van der Waals surface area contributed by atoms with Gasteiger partial charge in [0.15, 0.2) is 0 Å². The molecule has 9 nitrogen and oxygen atoms in total. The summed E-state index contributed by atoms with van der Waals surface area (Å²) in [5, 5.41) is 14.5. The van der Waals surface area contributed by atoms with Gasteiger partial charge in [0, 0.05) is 30.5 Å². The Kier molecular flexibility index (Phi) is 5.28. The minimum absolute atomic E-state index is 0.105. The lowest BCUT2D eigenvalue weighted by Crippen LogP contribution is -2.36. The number of benzene rings is 2. The normalized spacial score (nSPS) is 14.7. The molecule has 2 aromatic carbocycles. The number of carbonyl (C=O) groups excluding carboxylic acids is 3. The molecule has 0 radical (unpaired) electrons. The Labute approximate surface area is 172 Å². The van der Waals surface area contributed by atoms with E-state index in [9.17, 15) is 14.4 Å². The summed E-state index contributed by atoms with van der Waals surface area (Å²) in [6.07, 6.45) is 2.14. The maximum absolute atomic E-state index is 13.2. The second-order valence-corrected chi connectivity index (χ2v) is 7.16. The van der Waals surface area contributed by atoms with E-state index < -0.39 is 6.10 Å². The Hall–Kier alpha value is -3.59. The van der Waals surface area contributed by atoms with E-state index in [1.165, 1.54) is 0 Å². The van der Waals surface area contributed by atoms with Crippen molar-refractivity contribution in [2.45, 2.75) is 31.9 Å². The van der Waals surface area contributed by atoms with Gasteiger partial charge in [0.05, 0.1) is 11.9 Å². The fraction of sp³-hybridized carbons (Fsp3) is 0.286. The molecule has 2 N–H and O–H groups in total. The van der Waals surface area contributed by atoms with E-state index in [1.54, 1.807) is 18.2 Å². The molecule has 0 saturated heterocycles. The van der Waals surface area contributed by atoms with Crippen LogP contribution in [-0.4, -0.2) is 46.8 Å². The molecule has 0 spiro atoms. The third-order valence-electron chi connectivity index (χ3n) is 5.43. The van der Waals surface area contributed by atoms with Crippen molar-refractivity contribution in [3.05, 3.63) is 53.3 Å². The average molecular weight is 407 g/mol. The molecule has 2 heterocycles. The average Bonchev–Trinajstić information content (AvgIpc) is 3.37. The second-order valence-electron chi connectivity index (χ2n) is 7.16. The Morgan fingerprint density at radius 3 is 2.87 bits per heavy atom. The number of amides is 3. The predicted molar refractivity (Wildman–Crippen MR) is 109 cm³/mol. The first kappa shape index (κ1) is 19.7. The van der Waals surface area contributed by atoms with Gasteiger partial charge in [-0.1, -0.05) is 18.2 Å². The van der Waals surface area contributed by atoms with Gasteiger partial charge in [0.25, 0.3) is 5.91 Å². The van der Waals surface area contributed by atoms with Crippen LogP contribution in [0.4, 0.5) is 5.69 Å². The first-order valence-corrected chi connectivity index (χ1v) is 9.57. The van der Waals surface area contributed by atoms with Crippen molar-refractivity contribution in [1.82, 2.24) is 20.7 Å². The van der Waals surface area contributed by atoms with Gasteiger partial charge >= 0.3 is 0 Å². The number of hydrogen-bond acceptors (Lipinski definition) is 6. The number of aromatic amines is 1. The Bertz CT molecular complexity index is 1110.